The molecule has 46 heavy (non-hydrogen) atoms. The minimum Gasteiger partial charge on any atom is -0.508 e. The molecule has 0 spiro atoms. The summed E-state index contributed by atoms with van der Waals surface area (Å²) < 4.78 is 11.2. The number of nitrogens with one attached hydrogen (secondary N) is 2. The molecule has 246 valence electrons. The number of nitriles is 1. The first kappa shape index (κ1) is 33.1. The molecule has 2 unspecified atom stereocenters. The number of fused-ring (bicyclic) bond motifs is 6. The number of benzene rings is 2. The zero-order valence-corrected chi connectivity index (χ0v) is 27.4. The predicted molar refractivity (Wildman–Crippen MR) is 173 cm³/mol. The van der Waals surface area contributed by atoms with Crippen molar-refractivity contribution in [2.24, 2.45) is 5.92 Å². The third-order valence-electron chi connectivity index (χ3n) is 8.84. The molecule has 4 atom stereocenters. The molecule has 3 aliphatic heterocycles. The predicted octanol–water partition coefficient (Wildman–Crippen LogP) is 4.56. The maximum Gasteiger partial charge on any atom is 0.408 e. The summed E-state index contributed by atoms with van der Waals surface area (Å²) in [5.74, 6) is -0.807. The molecular weight excluding hydrogens is 586 g/mol. The quantitative estimate of drug-likeness (QED) is 0.415. The lowest BCUT2D eigenvalue weighted by atomic mass is 9.80. The van der Waals surface area contributed by atoms with Crippen LogP contribution in [0.2, 0.25) is 0 Å². The number of hydrogen-bond donors (Lipinski definition) is 3. The molecule has 2 aromatic rings. The highest BCUT2D eigenvalue weighted by Gasteiger charge is 2.40. The first-order valence-electron chi connectivity index (χ1n) is 16.1. The van der Waals surface area contributed by atoms with Gasteiger partial charge in [0.2, 0.25) is 0 Å². The second-order valence-corrected chi connectivity index (χ2v) is 14.2. The van der Waals surface area contributed by atoms with E-state index in [4.69, 9.17) is 9.47 Å². The highest BCUT2D eigenvalue weighted by molar-refractivity contribution is 5.87. The Balaban J connectivity index is 1.56. The van der Waals surface area contributed by atoms with Gasteiger partial charge in [0.05, 0.1) is 12.7 Å². The van der Waals surface area contributed by atoms with Gasteiger partial charge in [0.25, 0.3) is 5.91 Å². The van der Waals surface area contributed by atoms with Gasteiger partial charge in [0.15, 0.2) is 0 Å². The van der Waals surface area contributed by atoms with Gasteiger partial charge in [0, 0.05) is 49.5 Å². The summed E-state index contributed by atoms with van der Waals surface area (Å²) in [5, 5.41) is 24.3. The summed E-state index contributed by atoms with van der Waals surface area (Å²) >= 11 is 0. The van der Waals surface area contributed by atoms with Crippen LogP contribution in [0, 0.1) is 17.2 Å². The molecule has 2 amide bonds. The fraction of sp³-hybridized carbons (Fsp3) is 0.543. The molecule has 1 fully saturated rings. The highest BCUT2D eigenvalue weighted by atomic mass is 16.6. The Morgan fingerprint density at radius 3 is 2.74 bits per heavy atom. The molecule has 3 N–H and O–H groups in total. The average molecular weight is 632 g/mol. The van der Waals surface area contributed by atoms with Crippen molar-refractivity contribution in [1.29, 1.82) is 5.26 Å². The summed E-state index contributed by atoms with van der Waals surface area (Å²) in [6, 6.07) is 12.0. The van der Waals surface area contributed by atoms with E-state index in [9.17, 15) is 24.8 Å². The van der Waals surface area contributed by atoms with Gasteiger partial charge in [-0.3, -0.25) is 14.6 Å². The van der Waals surface area contributed by atoms with E-state index >= 15 is 0 Å². The van der Waals surface area contributed by atoms with Crippen molar-refractivity contribution in [2.75, 3.05) is 31.1 Å². The molecule has 11 nitrogen and oxygen atoms in total. The van der Waals surface area contributed by atoms with E-state index in [0.717, 1.165) is 35.3 Å². The smallest absolute Gasteiger partial charge is 0.408 e. The van der Waals surface area contributed by atoms with Crippen molar-refractivity contribution in [2.45, 2.75) is 89.8 Å². The number of phenols is 1. The third kappa shape index (κ3) is 7.56. The first-order chi connectivity index (χ1) is 21.7. The van der Waals surface area contributed by atoms with Crippen molar-refractivity contribution >= 4 is 23.7 Å². The molecule has 11 heteroatoms. The minimum atomic E-state index is -1.04. The molecule has 0 aliphatic carbocycles. The van der Waals surface area contributed by atoms with Gasteiger partial charge >= 0.3 is 12.1 Å². The molecule has 0 radical (unpaired) electrons. The fourth-order valence-corrected chi connectivity index (χ4v) is 6.68. The monoisotopic (exact) mass is 631 g/mol. The van der Waals surface area contributed by atoms with Crippen LogP contribution in [0.3, 0.4) is 0 Å². The van der Waals surface area contributed by atoms with Crippen molar-refractivity contribution in [1.82, 2.24) is 15.8 Å². The number of anilines is 1. The summed E-state index contributed by atoms with van der Waals surface area (Å²) in [4.78, 5) is 42.3. The van der Waals surface area contributed by atoms with Crippen molar-refractivity contribution in [3.63, 3.8) is 0 Å². The molecule has 0 saturated carbocycles. The number of rotatable bonds is 3. The van der Waals surface area contributed by atoms with E-state index in [2.05, 4.69) is 40.8 Å². The molecular formula is C35H45N5O6. The lowest BCUT2D eigenvalue weighted by molar-refractivity contribution is -0.153. The number of amides is 2. The largest absolute Gasteiger partial charge is 0.508 e. The number of carbonyl (C=O) groups is 3. The van der Waals surface area contributed by atoms with E-state index in [-0.39, 0.29) is 30.1 Å². The fourth-order valence-electron chi connectivity index (χ4n) is 6.68. The molecule has 3 heterocycles. The molecule has 5 rings (SSSR count). The summed E-state index contributed by atoms with van der Waals surface area (Å²) in [6.45, 7) is 11.4. The second kappa shape index (κ2) is 13.2. The van der Waals surface area contributed by atoms with Gasteiger partial charge in [-0.25, -0.2) is 10.2 Å². The minimum absolute atomic E-state index is 0.00811. The van der Waals surface area contributed by atoms with E-state index in [1.165, 1.54) is 5.01 Å². The van der Waals surface area contributed by atoms with Crippen LogP contribution in [0.15, 0.2) is 36.4 Å². The van der Waals surface area contributed by atoms with Gasteiger partial charge in [-0.05, 0) is 80.5 Å². The normalized spacial score (nSPS) is 25.2. The molecule has 6 bridgehead atoms. The van der Waals surface area contributed by atoms with Crippen LogP contribution >= 0.6 is 0 Å². The van der Waals surface area contributed by atoms with E-state index < -0.39 is 35.7 Å². The summed E-state index contributed by atoms with van der Waals surface area (Å²) in [6.07, 6.45) is 1.58. The number of hydrogen-bond acceptors (Lipinski definition) is 9. The second-order valence-electron chi connectivity index (χ2n) is 14.2. The topological polar surface area (TPSA) is 144 Å². The summed E-state index contributed by atoms with van der Waals surface area (Å²) in [7, 11) is 0. The molecule has 1 saturated heterocycles. The number of ether oxygens (including phenoxy) is 2. The van der Waals surface area contributed by atoms with Crippen LogP contribution in [-0.2, 0) is 30.9 Å². The van der Waals surface area contributed by atoms with E-state index in [1.807, 2.05) is 19.1 Å². The number of aromatic hydroxyl groups is 1. The summed E-state index contributed by atoms with van der Waals surface area (Å²) in [5.41, 5.74) is 6.54. The highest BCUT2D eigenvalue weighted by Crippen LogP contribution is 2.45. The first-order valence-corrected chi connectivity index (χ1v) is 16.1. The van der Waals surface area contributed by atoms with Gasteiger partial charge in [-0.2, -0.15) is 5.26 Å². The molecule has 0 aromatic heterocycles. The van der Waals surface area contributed by atoms with Crippen LogP contribution in [0.1, 0.15) is 71.4 Å². The van der Waals surface area contributed by atoms with E-state index in [1.54, 1.807) is 32.9 Å². The zero-order chi connectivity index (χ0) is 33.2. The Hall–Kier alpha value is -4.30. The Morgan fingerprint density at radius 2 is 2.00 bits per heavy atom. The lowest BCUT2D eigenvalue weighted by Crippen LogP contribution is -2.60. The number of hydrazine groups is 1. The van der Waals surface area contributed by atoms with Crippen molar-refractivity contribution < 1.29 is 29.0 Å². The average Bonchev–Trinajstić information content (AvgIpc) is 3.27. The third-order valence-corrected chi connectivity index (χ3v) is 8.84. The standard InChI is InChI=1S/C35H45N5O6/c1-22-19-39-21-35(5,11-7-12-36)27-10-9-24(18-30(27)39)25-14-23(15-26(41)17-25)16-29(37-33(44)46-34(2,3)4)31(42)40-13-6-8-28(38-40)32(43)45-20-22/h9-10,14-15,17-18,22,28-29,38,41H,6-8,11,13,16,19-21H2,1-5H3,(H,37,44)/t22-,28-,29?,35?/m0/s1. The maximum absolute atomic E-state index is 13.9. The number of carbonyl (C=O) groups excluding carboxylic acids is 3. The van der Waals surface area contributed by atoms with Gasteiger partial charge in [-0.1, -0.05) is 32.0 Å². The Morgan fingerprint density at radius 1 is 1.22 bits per heavy atom. The van der Waals surface area contributed by atoms with Crippen LogP contribution < -0.4 is 15.6 Å². The van der Waals surface area contributed by atoms with Crippen LogP contribution in [0.4, 0.5) is 10.5 Å². The number of esters is 1. The van der Waals surface area contributed by atoms with Crippen LogP contribution in [0.5, 0.6) is 5.75 Å². The number of nitrogens with zero attached hydrogens (tertiary/aromatic N) is 3. The number of alkyl carbamates (subject to hydrolysis) is 1. The zero-order valence-electron chi connectivity index (χ0n) is 27.4. The Bertz CT molecular complexity index is 1530. The van der Waals surface area contributed by atoms with Gasteiger partial charge in [0.1, 0.15) is 23.4 Å². The van der Waals surface area contributed by atoms with Gasteiger partial charge in [-0.15, -0.1) is 0 Å². The van der Waals surface area contributed by atoms with Crippen LogP contribution in [-0.4, -0.2) is 72.0 Å². The molecule has 3 aliphatic rings. The van der Waals surface area contributed by atoms with E-state index in [0.29, 0.717) is 37.9 Å². The molecule has 2 aromatic carbocycles. The number of cyclic esters (lactones) is 1. The SMILES string of the molecule is C[C@@H]1COC(=O)[C@@H]2CCCN(N2)C(=O)C(NC(=O)OC(C)(C)C)Cc2cc(O)cc(c2)-c2ccc3c(c2)N(C1)CC3(C)CCC#N. The van der Waals surface area contributed by atoms with Gasteiger partial charge < -0.3 is 24.8 Å². The lowest BCUT2D eigenvalue weighted by Gasteiger charge is -2.35. The number of phenolic OH excluding ortho intramolecular Hbond substituents is 1. The van der Waals surface area contributed by atoms with Crippen molar-refractivity contribution in [3.8, 4) is 22.9 Å². The van der Waals surface area contributed by atoms with Crippen LogP contribution in [0.25, 0.3) is 11.1 Å². The van der Waals surface area contributed by atoms with Crippen molar-refractivity contribution in [3.05, 3.63) is 47.5 Å². The Labute approximate surface area is 270 Å². The maximum atomic E-state index is 13.9. The Kier molecular flexibility index (Phi) is 9.49.